The molecule has 0 saturated carbocycles. The SMILES string of the molecule is Cc1nc2scc(-c3cccc(C(F)(F)F)c3)n2c(=O)c1CCN1CCC(c2noc3cc(F)ccc23)CC1. The smallest absolute Gasteiger partial charge is 0.356 e. The molecule has 1 fully saturated rings. The molecule has 1 saturated heterocycles. The zero-order valence-corrected chi connectivity index (χ0v) is 21.8. The van der Waals surface area contributed by atoms with Gasteiger partial charge in [0.25, 0.3) is 5.56 Å². The molecule has 2 aromatic carbocycles. The molecule has 4 heterocycles. The number of hydrogen-bond donors (Lipinski definition) is 0. The summed E-state index contributed by atoms with van der Waals surface area (Å²) < 4.78 is 60.1. The van der Waals surface area contributed by atoms with Crippen LogP contribution in [0.3, 0.4) is 0 Å². The average molecular weight is 557 g/mol. The van der Waals surface area contributed by atoms with Crippen molar-refractivity contribution in [3.05, 3.63) is 86.5 Å². The molecule has 0 N–H and O–H groups in total. The van der Waals surface area contributed by atoms with Crippen molar-refractivity contribution in [1.29, 1.82) is 0 Å². The first-order chi connectivity index (χ1) is 18.7. The van der Waals surface area contributed by atoms with Crippen molar-refractivity contribution in [2.75, 3.05) is 19.6 Å². The highest BCUT2D eigenvalue weighted by Crippen LogP contribution is 2.34. The van der Waals surface area contributed by atoms with Crippen LogP contribution in [0, 0.1) is 12.7 Å². The van der Waals surface area contributed by atoms with Crippen molar-refractivity contribution in [1.82, 2.24) is 19.4 Å². The highest BCUT2D eigenvalue weighted by atomic mass is 32.1. The van der Waals surface area contributed by atoms with Crippen LogP contribution in [0.25, 0.3) is 27.2 Å². The minimum Gasteiger partial charge on any atom is -0.356 e. The molecule has 1 aliphatic heterocycles. The van der Waals surface area contributed by atoms with Crippen LogP contribution in [0.5, 0.6) is 0 Å². The molecule has 1 aliphatic rings. The molecule has 39 heavy (non-hydrogen) atoms. The lowest BCUT2D eigenvalue weighted by atomic mass is 9.91. The van der Waals surface area contributed by atoms with E-state index in [9.17, 15) is 22.4 Å². The lowest BCUT2D eigenvalue weighted by Crippen LogP contribution is -2.35. The summed E-state index contributed by atoms with van der Waals surface area (Å²) in [6.45, 7) is 4.07. The Hall–Kier alpha value is -3.57. The third-order valence-corrected chi connectivity index (χ3v) is 8.30. The van der Waals surface area contributed by atoms with Crippen molar-refractivity contribution in [3.63, 3.8) is 0 Å². The maximum atomic E-state index is 13.6. The number of alkyl halides is 3. The van der Waals surface area contributed by atoms with Crippen LogP contribution >= 0.6 is 11.3 Å². The van der Waals surface area contributed by atoms with Crippen molar-refractivity contribution in [3.8, 4) is 11.3 Å². The van der Waals surface area contributed by atoms with Gasteiger partial charge in [-0.25, -0.2) is 9.37 Å². The molecule has 0 atom stereocenters. The number of nitrogens with zero attached hydrogens (tertiary/aromatic N) is 4. The summed E-state index contributed by atoms with van der Waals surface area (Å²) >= 11 is 1.23. The molecule has 0 bridgehead atoms. The number of piperidine rings is 1. The monoisotopic (exact) mass is 556 g/mol. The van der Waals surface area contributed by atoms with Gasteiger partial charge in [-0.15, -0.1) is 11.3 Å². The van der Waals surface area contributed by atoms with Crippen LogP contribution in [0.15, 0.2) is 57.2 Å². The van der Waals surface area contributed by atoms with E-state index in [0.717, 1.165) is 49.1 Å². The molecule has 6 nitrogen and oxygen atoms in total. The number of aryl methyl sites for hydroxylation is 1. The second-order valence-electron chi connectivity index (χ2n) is 9.87. The first kappa shape index (κ1) is 25.7. The van der Waals surface area contributed by atoms with Crippen molar-refractivity contribution >= 4 is 27.3 Å². The molecule has 0 amide bonds. The van der Waals surface area contributed by atoms with Gasteiger partial charge in [0.15, 0.2) is 10.5 Å². The van der Waals surface area contributed by atoms with Crippen LogP contribution in [-0.4, -0.2) is 39.1 Å². The summed E-state index contributed by atoms with van der Waals surface area (Å²) in [7, 11) is 0. The summed E-state index contributed by atoms with van der Waals surface area (Å²) in [5.41, 5.74) is 2.21. The lowest BCUT2D eigenvalue weighted by molar-refractivity contribution is -0.137. The van der Waals surface area contributed by atoms with Crippen LogP contribution in [0.4, 0.5) is 17.6 Å². The summed E-state index contributed by atoms with van der Waals surface area (Å²) in [4.78, 5) is 20.9. The number of hydrogen-bond acceptors (Lipinski definition) is 6. The van der Waals surface area contributed by atoms with Gasteiger partial charge in [-0.05, 0) is 63.5 Å². The highest BCUT2D eigenvalue weighted by Gasteiger charge is 2.31. The zero-order chi connectivity index (χ0) is 27.3. The fraction of sp³-hybridized carbons (Fsp3) is 0.321. The van der Waals surface area contributed by atoms with Crippen LogP contribution in [-0.2, 0) is 12.6 Å². The lowest BCUT2D eigenvalue weighted by Gasteiger charge is -2.31. The third-order valence-electron chi connectivity index (χ3n) is 7.47. The van der Waals surface area contributed by atoms with E-state index >= 15 is 0 Å². The fourth-order valence-electron chi connectivity index (χ4n) is 5.36. The Morgan fingerprint density at radius 1 is 1.13 bits per heavy atom. The van der Waals surface area contributed by atoms with Crippen molar-refractivity contribution in [2.24, 2.45) is 0 Å². The molecular formula is C28H24F4N4O2S. The van der Waals surface area contributed by atoms with Crippen LogP contribution in [0.1, 0.15) is 41.3 Å². The number of likely N-dealkylation sites (tertiary alicyclic amines) is 1. The first-order valence-electron chi connectivity index (χ1n) is 12.6. The summed E-state index contributed by atoms with van der Waals surface area (Å²) in [6.07, 6.45) is -2.27. The van der Waals surface area contributed by atoms with Gasteiger partial charge in [-0.2, -0.15) is 13.2 Å². The molecule has 0 spiro atoms. The van der Waals surface area contributed by atoms with Gasteiger partial charge in [-0.1, -0.05) is 17.3 Å². The largest absolute Gasteiger partial charge is 0.416 e. The Morgan fingerprint density at radius 3 is 2.69 bits per heavy atom. The fourth-order valence-corrected chi connectivity index (χ4v) is 6.29. The number of halogens is 4. The van der Waals surface area contributed by atoms with E-state index in [-0.39, 0.29) is 17.3 Å². The van der Waals surface area contributed by atoms with E-state index in [2.05, 4.69) is 15.0 Å². The predicted molar refractivity (Wildman–Crippen MR) is 141 cm³/mol. The number of benzene rings is 2. The third kappa shape index (κ3) is 4.85. The van der Waals surface area contributed by atoms with Gasteiger partial charge >= 0.3 is 6.18 Å². The van der Waals surface area contributed by atoms with E-state index in [1.165, 1.54) is 33.9 Å². The Labute approximate surface area is 224 Å². The highest BCUT2D eigenvalue weighted by molar-refractivity contribution is 7.15. The summed E-state index contributed by atoms with van der Waals surface area (Å²) in [5, 5.41) is 6.72. The van der Waals surface area contributed by atoms with Gasteiger partial charge in [0.2, 0.25) is 0 Å². The average Bonchev–Trinajstić information content (AvgIpc) is 3.52. The number of fused-ring (bicyclic) bond motifs is 2. The Bertz CT molecular complexity index is 1730. The van der Waals surface area contributed by atoms with E-state index in [1.807, 2.05) is 0 Å². The molecule has 6 rings (SSSR count). The number of rotatable bonds is 5. The summed E-state index contributed by atoms with van der Waals surface area (Å²) in [5.74, 6) is -0.151. The van der Waals surface area contributed by atoms with Crippen molar-refractivity contribution < 1.29 is 22.1 Å². The van der Waals surface area contributed by atoms with E-state index < -0.39 is 11.7 Å². The minimum atomic E-state index is -4.47. The Morgan fingerprint density at radius 2 is 1.92 bits per heavy atom. The molecule has 0 radical (unpaired) electrons. The second kappa shape index (κ2) is 9.87. The topological polar surface area (TPSA) is 63.6 Å². The van der Waals surface area contributed by atoms with Crippen LogP contribution in [0.2, 0.25) is 0 Å². The first-order valence-corrected chi connectivity index (χ1v) is 13.5. The molecule has 0 aliphatic carbocycles. The van der Waals surface area contributed by atoms with E-state index in [1.54, 1.807) is 24.4 Å². The quantitative estimate of drug-likeness (QED) is 0.233. The van der Waals surface area contributed by atoms with Crippen molar-refractivity contribution in [2.45, 2.75) is 38.3 Å². The maximum Gasteiger partial charge on any atom is 0.416 e. The standard InChI is InChI=1S/C28H24F4N4O2S/c1-16-21(9-12-35-10-7-17(8-11-35)25-22-6-5-20(29)14-24(22)38-34-25)26(37)36-23(15-39-27(36)33-16)18-3-2-4-19(13-18)28(30,31)32/h2-6,13-15,17H,7-12H2,1H3. The number of thiazole rings is 1. The molecule has 0 unspecified atom stereocenters. The van der Waals surface area contributed by atoms with Gasteiger partial charge in [0, 0.05) is 46.1 Å². The van der Waals surface area contributed by atoms with E-state index in [0.29, 0.717) is 46.0 Å². The Balaban J connectivity index is 1.19. The maximum absolute atomic E-state index is 13.6. The zero-order valence-electron chi connectivity index (χ0n) is 21.0. The van der Waals surface area contributed by atoms with Gasteiger partial charge in [0.05, 0.1) is 17.0 Å². The minimum absolute atomic E-state index is 0.208. The molecule has 202 valence electrons. The molecule has 11 heteroatoms. The second-order valence-corrected chi connectivity index (χ2v) is 10.7. The van der Waals surface area contributed by atoms with E-state index in [4.69, 9.17) is 4.52 Å². The summed E-state index contributed by atoms with van der Waals surface area (Å²) in [6, 6.07) is 9.46. The van der Waals surface area contributed by atoms with Gasteiger partial charge in [-0.3, -0.25) is 9.20 Å². The molecule has 5 aromatic rings. The number of aromatic nitrogens is 3. The molecular weight excluding hydrogens is 532 g/mol. The molecule has 3 aromatic heterocycles. The van der Waals surface area contributed by atoms with Crippen LogP contribution < -0.4 is 5.56 Å². The predicted octanol–water partition coefficient (Wildman–Crippen LogP) is 6.45. The van der Waals surface area contributed by atoms with Gasteiger partial charge < -0.3 is 9.42 Å². The normalized spacial score (nSPS) is 15.5. The van der Waals surface area contributed by atoms with Gasteiger partial charge in [0.1, 0.15) is 5.82 Å². The Kier molecular flexibility index (Phi) is 6.50.